The van der Waals surface area contributed by atoms with E-state index >= 15 is 0 Å². The van der Waals surface area contributed by atoms with Gasteiger partial charge in [0.25, 0.3) is 0 Å². The molecule has 1 aromatic heterocycles. The van der Waals surface area contributed by atoms with E-state index < -0.39 is 0 Å². The van der Waals surface area contributed by atoms with Gasteiger partial charge in [-0.15, -0.1) is 0 Å². The van der Waals surface area contributed by atoms with Crippen molar-refractivity contribution in [1.82, 2.24) is 14.5 Å². The number of aryl methyl sites for hydroxylation is 1. The number of aromatic nitrogens is 2. The van der Waals surface area contributed by atoms with Crippen LogP contribution < -0.4 is 0 Å². The summed E-state index contributed by atoms with van der Waals surface area (Å²) >= 11 is 3.47. The van der Waals surface area contributed by atoms with Crippen LogP contribution in [0.5, 0.6) is 0 Å². The third-order valence-electron chi connectivity index (χ3n) is 4.10. The number of imidazole rings is 1. The van der Waals surface area contributed by atoms with E-state index in [0.29, 0.717) is 6.04 Å². The molecule has 2 aliphatic rings. The lowest BCUT2D eigenvalue weighted by atomic mass is 9.90. The summed E-state index contributed by atoms with van der Waals surface area (Å²) in [5, 5.41) is 0. The summed E-state index contributed by atoms with van der Waals surface area (Å²) in [5.74, 6) is 1.19. The molecule has 2 aliphatic heterocycles. The Labute approximate surface area is 104 Å². The van der Waals surface area contributed by atoms with Gasteiger partial charge in [0.15, 0.2) is 0 Å². The number of rotatable bonds is 1. The van der Waals surface area contributed by atoms with Gasteiger partial charge in [0.2, 0.25) is 0 Å². The number of halogens is 1. The van der Waals surface area contributed by atoms with Crippen LogP contribution in [0.1, 0.15) is 25.1 Å². The van der Waals surface area contributed by atoms with Crippen LogP contribution in [0.15, 0.2) is 23.0 Å². The Morgan fingerprint density at radius 2 is 2.31 bits per heavy atom. The Balaban J connectivity index is 2.11. The zero-order valence-corrected chi connectivity index (χ0v) is 11.2. The van der Waals surface area contributed by atoms with Crippen molar-refractivity contribution in [2.24, 2.45) is 7.05 Å². The fourth-order valence-corrected chi connectivity index (χ4v) is 3.66. The normalized spacial score (nSPS) is 33.6. The molecule has 0 aliphatic carbocycles. The smallest absolute Gasteiger partial charge is 0.130 e. The summed E-state index contributed by atoms with van der Waals surface area (Å²) in [6.07, 6.45) is 10.2. The second-order valence-corrected chi connectivity index (χ2v) is 5.69. The molecule has 1 fully saturated rings. The first kappa shape index (κ1) is 10.5. The molecule has 86 valence electrons. The second kappa shape index (κ2) is 3.44. The molecular weight excluding hydrogens is 266 g/mol. The van der Waals surface area contributed by atoms with Crippen LogP contribution in [0.25, 0.3) is 0 Å². The molecule has 0 amide bonds. The number of fused-ring (bicyclic) bond motifs is 2. The minimum Gasteiger partial charge on any atom is -0.335 e. The third-order valence-corrected chi connectivity index (χ3v) is 4.49. The van der Waals surface area contributed by atoms with E-state index in [0.717, 1.165) is 11.0 Å². The Morgan fingerprint density at radius 3 is 3.00 bits per heavy atom. The van der Waals surface area contributed by atoms with Crippen molar-refractivity contribution in [3.63, 3.8) is 0 Å². The van der Waals surface area contributed by atoms with E-state index in [9.17, 15) is 0 Å². The molecule has 3 nitrogen and oxygen atoms in total. The lowest BCUT2D eigenvalue weighted by Crippen LogP contribution is -2.45. The zero-order valence-electron chi connectivity index (χ0n) is 9.65. The lowest BCUT2D eigenvalue weighted by molar-refractivity contribution is 0.129. The first-order valence-corrected chi connectivity index (χ1v) is 6.52. The molecule has 2 atom stereocenters. The summed E-state index contributed by atoms with van der Waals surface area (Å²) in [5.41, 5.74) is 0.125. The van der Waals surface area contributed by atoms with Gasteiger partial charge in [0, 0.05) is 19.3 Å². The first-order chi connectivity index (χ1) is 7.63. The quantitative estimate of drug-likeness (QED) is 0.738. The van der Waals surface area contributed by atoms with Crippen LogP contribution in [0.2, 0.25) is 0 Å². The number of hydrogen-bond donors (Lipinski definition) is 0. The lowest BCUT2D eigenvalue weighted by Gasteiger charge is -2.39. The van der Waals surface area contributed by atoms with E-state index in [1.165, 1.54) is 18.7 Å². The highest BCUT2D eigenvalue weighted by atomic mass is 79.9. The maximum atomic E-state index is 4.66. The monoisotopic (exact) mass is 281 g/mol. The summed E-state index contributed by atoms with van der Waals surface area (Å²) in [4.78, 5) is 7.15. The summed E-state index contributed by atoms with van der Waals surface area (Å²) in [7, 11) is 4.31. The zero-order chi connectivity index (χ0) is 11.3. The maximum absolute atomic E-state index is 4.66. The van der Waals surface area contributed by atoms with Gasteiger partial charge in [0.05, 0.1) is 5.54 Å². The molecule has 1 saturated heterocycles. The molecule has 0 aromatic carbocycles. The van der Waals surface area contributed by atoms with Gasteiger partial charge < -0.3 is 4.57 Å². The highest BCUT2D eigenvalue weighted by Crippen LogP contribution is 2.46. The van der Waals surface area contributed by atoms with Gasteiger partial charge in [-0.1, -0.05) is 12.2 Å². The Bertz CT molecular complexity index is 451. The first-order valence-electron chi connectivity index (χ1n) is 5.72. The molecular formula is C12H16BrN3. The standard InChI is InChI=1S/C12H16BrN3/c1-15-8-10(13)14-11(15)12-6-3-4-9(5-7-12)16(12)2/h3-4,8-9H,5-7H2,1-2H3. The summed E-state index contributed by atoms with van der Waals surface area (Å²) in [6, 6.07) is 0.601. The van der Waals surface area contributed by atoms with E-state index in [2.05, 4.69) is 56.6 Å². The fraction of sp³-hybridized carbons (Fsp3) is 0.583. The van der Waals surface area contributed by atoms with Crippen molar-refractivity contribution >= 4 is 15.9 Å². The molecule has 0 radical (unpaired) electrons. The van der Waals surface area contributed by atoms with Crippen LogP contribution in [-0.4, -0.2) is 27.5 Å². The molecule has 16 heavy (non-hydrogen) atoms. The SMILES string of the molecule is CN1C2C=CCC1(c1nc(Br)cn1C)CC2. The topological polar surface area (TPSA) is 21.1 Å². The van der Waals surface area contributed by atoms with Gasteiger partial charge in [-0.25, -0.2) is 4.98 Å². The van der Waals surface area contributed by atoms with Gasteiger partial charge in [-0.2, -0.15) is 0 Å². The average Bonchev–Trinajstić information content (AvgIpc) is 2.64. The largest absolute Gasteiger partial charge is 0.335 e. The molecule has 3 heterocycles. The second-order valence-electron chi connectivity index (χ2n) is 4.88. The van der Waals surface area contributed by atoms with Crippen molar-refractivity contribution in [3.05, 3.63) is 28.8 Å². The Hall–Kier alpha value is -0.610. The molecule has 2 unspecified atom stereocenters. The van der Waals surface area contributed by atoms with E-state index in [1.54, 1.807) is 0 Å². The van der Waals surface area contributed by atoms with Crippen molar-refractivity contribution in [1.29, 1.82) is 0 Å². The van der Waals surface area contributed by atoms with Crippen LogP contribution >= 0.6 is 15.9 Å². The van der Waals surface area contributed by atoms with Gasteiger partial charge in [-0.05, 0) is 42.2 Å². The number of nitrogens with zero attached hydrogens (tertiary/aromatic N) is 3. The van der Waals surface area contributed by atoms with Crippen LogP contribution in [-0.2, 0) is 12.6 Å². The molecule has 2 bridgehead atoms. The van der Waals surface area contributed by atoms with Crippen LogP contribution in [0.3, 0.4) is 0 Å². The molecule has 3 rings (SSSR count). The number of hydrogen-bond acceptors (Lipinski definition) is 2. The highest BCUT2D eigenvalue weighted by Gasteiger charge is 2.48. The van der Waals surface area contributed by atoms with Gasteiger partial charge in [-0.3, -0.25) is 4.90 Å². The highest BCUT2D eigenvalue weighted by molar-refractivity contribution is 9.10. The molecule has 4 heteroatoms. The van der Waals surface area contributed by atoms with Crippen molar-refractivity contribution in [2.45, 2.75) is 30.8 Å². The molecule has 0 N–H and O–H groups in total. The van der Waals surface area contributed by atoms with Crippen molar-refractivity contribution in [3.8, 4) is 0 Å². The predicted molar refractivity (Wildman–Crippen MR) is 67.1 cm³/mol. The van der Waals surface area contributed by atoms with Crippen LogP contribution in [0, 0.1) is 0 Å². The van der Waals surface area contributed by atoms with E-state index in [-0.39, 0.29) is 5.54 Å². The average molecular weight is 282 g/mol. The minimum absolute atomic E-state index is 0.125. The van der Waals surface area contributed by atoms with Crippen molar-refractivity contribution < 1.29 is 0 Å². The van der Waals surface area contributed by atoms with Gasteiger partial charge >= 0.3 is 0 Å². The minimum atomic E-state index is 0.125. The molecule has 0 spiro atoms. The Morgan fingerprint density at radius 1 is 1.50 bits per heavy atom. The third kappa shape index (κ3) is 1.26. The van der Waals surface area contributed by atoms with Crippen molar-refractivity contribution in [2.75, 3.05) is 7.05 Å². The maximum Gasteiger partial charge on any atom is 0.130 e. The van der Waals surface area contributed by atoms with E-state index in [4.69, 9.17) is 0 Å². The van der Waals surface area contributed by atoms with E-state index in [1.807, 2.05) is 6.20 Å². The summed E-state index contributed by atoms with van der Waals surface area (Å²) < 4.78 is 3.09. The Kier molecular flexibility index (Phi) is 2.27. The fourth-order valence-electron chi connectivity index (χ4n) is 3.19. The van der Waals surface area contributed by atoms with Crippen LogP contribution in [0.4, 0.5) is 0 Å². The van der Waals surface area contributed by atoms with Gasteiger partial charge in [0.1, 0.15) is 10.4 Å². The molecule has 0 saturated carbocycles. The molecule has 1 aromatic rings. The number of likely N-dealkylation sites (N-methyl/N-ethyl adjacent to an activating group) is 1. The predicted octanol–water partition coefficient (Wildman–Crippen LogP) is 2.43. The summed E-state index contributed by atoms with van der Waals surface area (Å²) in [6.45, 7) is 0.